The summed E-state index contributed by atoms with van der Waals surface area (Å²) in [5.41, 5.74) is -0.144. The van der Waals surface area contributed by atoms with Gasteiger partial charge in [-0.05, 0) is 50.2 Å². The fraction of sp³-hybridized carbons (Fsp3) is 0.524. The van der Waals surface area contributed by atoms with E-state index in [-0.39, 0.29) is 31.8 Å². The van der Waals surface area contributed by atoms with Crippen LogP contribution < -0.4 is 5.32 Å². The number of nitrogens with one attached hydrogen (secondary N) is 1. The maximum Gasteiger partial charge on any atom is 0.417 e. The van der Waals surface area contributed by atoms with Gasteiger partial charge in [0.05, 0.1) is 16.2 Å². The lowest BCUT2D eigenvalue weighted by Gasteiger charge is -2.31. The Morgan fingerprint density at radius 2 is 1.88 bits per heavy atom. The molecule has 1 fully saturated rings. The summed E-state index contributed by atoms with van der Waals surface area (Å²) in [7, 11) is -4.32. The van der Waals surface area contributed by atoms with Crippen molar-refractivity contribution >= 4 is 32.4 Å². The van der Waals surface area contributed by atoms with E-state index in [0.29, 0.717) is 11.0 Å². The number of aromatic nitrogens is 1. The molecule has 32 heavy (non-hydrogen) atoms. The lowest BCUT2D eigenvalue weighted by Crippen LogP contribution is -2.41. The van der Waals surface area contributed by atoms with Gasteiger partial charge in [0.1, 0.15) is 0 Å². The van der Waals surface area contributed by atoms with E-state index in [4.69, 9.17) is 0 Å². The van der Waals surface area contributed by atoms with Crippen LogP contribution in [0.5, 0.6) is 0 Å². The first-order valence-corrected chi connectivity index (χ1v) is 12.8. The summed E-state index contributed by atoms with van der Waals surface area (Å²) >= 11 is 1.48. The molecule has 1 aliphatic heterocycles. The molecule has 1 amide bonds. The van der Waals surface area contributed by atoms with Gasteiger partial charge in [-0.25, -0.2) is 13.4 Å². The summed E-state index contributed by atoms with van der Waals surface area (Å²) in [6.45, 7) is 2.16. The summed E-state index contributed by atoms with van der Waals surface area (Å²) in [5, 5.41) is 3.41. The van der Waals surface area contributed by atoms with Crippen LogP contribution in [0.25, 0.3) is 0 Å². The lowest BCUT2D eigenvalue weighted by atomic mass is 9.93. The van der Waals surface area contributed by atoms with Gasteiger partial charge < -0.3 is 5.32 Å². The van der Waals surface area contributed by atoms with Crippen LogP contribution in [0.15, 0.2) is 29.2 Å². The average molecular weight is 488 g/mol. The van der Waals surface area contributed by atoms with Crippen molar-refractivity contribution in [2.75, 3.05) is 18.4 Å². The number of hydrogen-bond acceptors (Lipinski definition) is 5. The smallest absolute Gasteiger partial charge is 0.302 e. The average Bonchev–Trinajstić information content (AvgIpc) is 3.14. The zero-order valence-corrected chi connectivity index (χ0v) is 19.1. The van der Waals surface area contributed by atoms with E-state index in [1.165, 1.54) is 22.3 Å². The van der Waals surface area contributed by atoms with Crippen LogP contribution in [0.2, 0.25) is 0 Å². The Bertz CT molecular complexity index is 1110. The molecule has 11 heteroatoms. The Hall–Kier alpha value is -1.98. The third kappa shape index (κ3) is 4.69. The van der Waals surface area contributed by atoms with E-state index in [1.807, 2.05) is 0 Å². The number of aryl methyl sites for hydroxylation is 1. The monoisotopic (exact) mass is 487 g/mol. The van der Waals surface area contributed by atoms with Crippen LogP contribution in [0.1, 0.15) is 42.3 Å². The van der Waals surface area contributed by atoms with Crippen LogP contribution in [-0.2, 0) is 33.8 Å². The third-order valence-electron chi connectivity index (χ3n) is 6.05. The standard InChI is InChI=1S/C21H24F3N3O3S2/c1-13-6-7-16-17(12-13)31-20(25-16)26-19(28)14-8-10-27(11-9-14)32(29,30)18-5-3-2-4-15(18)21(22,23)24/h2-5,13-14H,6-12H2,1H3,(H,25,26,28). The van der Waals surface area contributed by atoms with E-state index < -0.39 is 32.6 Å². The maximum absolute atomic E-state index is 13.3. The van der Waals surface area contributed by atoms with Crippen molar-refractivity contribution < 1.29 is 26.4 Å². The molecule has 174 valence electrons. The fourth-order valence-corrected chi connectivity index (χ4v) is 7.08. The first-order chi connectivity index (χ1) is 15.1. The largest absolute Gasteiger partial charge is 0.417 e. The van der Waals surface area contributed by atoms with Gasteiger partial charge in [-0.15, -0.1) is 11.3 Å². The number of carbonyl (C=O) groups excluding carboxylic acids is 1. The van der Waals surface area contributed by atoms with E-state index in [2.05, 4.69) is 17.2 Å². The number of benzene rings is 1. The Labute approximate surface area is 188 Å². The van der Waals surface area contributed by atoms with Gasteiger partial charge in [0, 0.05) is 23.9 Å². The van der Waals surface area contributed by atoms with Crippen molar-refractivity contribution in [1.82, 2.24) is 9.29 Å². The number of alkyl halides is 3. The minimum Gasteiger partial charge on any atom is -0.302 e. The van der Waals surface area contributed by atoms with Gasteiger partial charge >= 0.3 is 6.18 Å². The quantitative estimate of drug-likeness (QED) is 0.697. The summed E-state index contributed by atoms with van der Waals surface area (Å²) in [6.07, 6.45) is -1.36. The summed E-state index contributed by atoms with van der Waals surface area (Å²) in [4.78, 5) is 17.7. The number of halogens is 3. The molecule has 6 nitrogen and oxygen atoms in total. The van der Waals surface area contributed by atoms with Crippen molar-refractivity contribution in [2.24, 2.45) is 11.8 Å². The zero-order chi connectivity index (χ0) is 23.1. The predicted octanol–water partition coefficient (Wildman–Crippen LogP) is 4.33. The number of amides is 1. The fourth-order valence-electron chi connectivity index (χ4n) is 4.22. The summed E-state index contributed by atoms with van der Waals surface area (Å²) < 4.78 is 66.6. The molecule has 0 radical (unpaired) electrons. The van der Waals surface area contributed by atoms with E-state index >= 15 is 0 Å². The topological polar surface area (TPSA) is 79.4 Å². The molecule has 1 atom stereocenters. The summed E-state index contributed by atoms with van der Waals surface area (Å²) in [6, 6.07) is 4.18. The first kappa shape index (κ1) is 23.2. The Kier molecular flexibility index (Phi) is 6.34. The third-order valence-corrected chi connectivity index (χ3v) is 9.04. The van der Waals surface area contributed by atoms with Gasteiger partial charge in [0.25, 0.3) is 0 Å². The molecule has 1 N–H and O–H groups in total. The van der Waals surface area contributed by atoms with Gasteiger partial charge in [-0.2, -0.15) is 17.5 Å². The number of anilines is 1. The van der Waals surface area contributed by atoms with Crippen LogP contribution in [0.3, 0.4) is 0 Å². The van der Waals surface area contributed by atoms with E-state index in [1.54, 1.807) is 0 Å². The van der Waals surface area contributed by atoms with Crippen LogP contribution in [0, 0.1) is 11.8 Å². The van der Waals surface area contributed by atoms with E-state index in [9.17, 15) is 26.4 Å². The molecule has 0 spiro atoms. The molecule has 2 aliphatic rings. The molecule has 1 saturated heterocycles. The van der Waals surface area contributed by atoms with Crippen molar-refractivity contribution in [3.05, 3.63) is 40.4 Å². The Morgan fingerprint density at radius 3 is 2.56 bits per heavy atom. The van der Waals surface area contributed by atoms with Crippen LogP contribution in [0.4, 0.5) is 18.3 Å². The molecule has 1 aromatic carbocycles. The number of thiazole rings is 1. The normalized spacial score (nSPS) is 20.7. The second-order valence-electron chi connectivity index (χ2n) is 8.40. The molecule has 2 aromatic rings. The predicted molar refractivity (Wildman–Crippen MR) is 115 cm³/mol. The Balaban J connectivity index is 1.41. The van der Waals surface area contributed by atoms with Crippen molar-refractivity contribution in [2.45, 2.75) is 50.1 Å². The highest BCUT2D eigenvalue weighted by Gasteiger charge is 2.40. The highest BCUT2D eigenvalue weighted by molar-refractivity contribution is 7.89. The van der Waals surface area contributed by atoms with Crippen LogP contribution >= 0.6 is 11.3 Å². The highest BCUT2D eigenvalue weighted by atomic mass is 32.2. The number of fused-ring (bicyclic) bond motifs is 1. The molecule has 0 bridgehead atoms. The number of sulfonamides is 1. The minimum absolute atomic E-state index is 0.0154. The second-order valence-corrected chi connectivity index (χ2v) is 11.4. The van der Waals surface area contributed by atoms with Gasteiger partial charge in [0.2, 0.25) is 15.9 Å². The molecule has 2 heterocycles. The maximum atomic E-state index is 13.3. The minimum atomic E-state index is -4.77. The molecular weight excluding hydrogens is 463 g/mol. The molecule has 0 saturated carbocycles. The van der Waals surface area contributed by atoms with Gasteiger partial charge in [0.15, 0.2) is 5.13 Å². The van der Waals surface area contributed by atoms with E-state index in [0.717, 1.165) is 47.5 Å². The molecule has 1 unspecified atom stereocenters. The molecule has 1 aromatic heterocycles. The number of piperidine rings is 1. The van der Waals surface area contributed by atoms with Crippen molar-refractivity contribution in [1.29, 1.82) is 0 Å². The van der Waals surface area contributed by atoms with Crippen LogP contribution in [-0.4, -0.2) is 36.7 Å². The van der Waals surface area contributed by atoms with Crippen molar-refractivity contribution in [3.8, 4) is 0 Å². The zero-order valence-electron chi connectivity index (χ0n) is 17.5. The first-order valence-electron chi connectivity index (χ1n) is 10.5. The Morgan fingerprint density at radius 1 is 1.19 bits per heavy atom. The highest BCUT2D eigenvalue weighted by Crippen LogP contribution is 2.36. The molecule has 1 aliphatic carbocycles. The number of hydrogen-bond donors (Lipinski definition) is 1. The van der Waals surface area contributed by atoms with Gasteiger partial charge in [-0.3, -0.25) is 4.79 Å². The number of rotatable bonds is 4. The second kappa shape index (κ2) is 8.75. The number of carbonyl (C=O) groups is 1. The molecule has 4 rings (SSSR count). The lowest BCUT2D eigenvalue weighted by molar-refractivity contribution is -0.139. The SMILES string of the molecule is CC1CCc2nc(NC(=O)C3CCN(S(=O)(=O)c4ccccc4C(F)(F)F)CC3)sc2C1. The summed E-state index contributed by atoms with van der Waals surface area (Å²) in [5.74, 6) is -0.0451. The molecular formula is C21H24F3N3O3S2. The number of nitrogens with zero attached hydrogens (tertiary/aromatic N) is 2. The van der Waals surface area contributed by atoms with Crippen molar-refractivity contribution in [3.63, 3.8) is 0 Å². The van der Waals surface area contributed by atoms with Gasteiger partial charge in [-0.1, -0.05) is 19.1 Å².